The van der Waals surface area contributed by atoms with Gasteiger partial charge in [-0.15, -0.1) is 39.7 Å². The Hall–Kier alpha value is 0.0631. The molecule has 3 rings (SSSR count). The summed E-state index contributed by atoms with van der Waals surface area (Å²) in [6.45, 7) is 0. The van der Waals surface area contributed by atoms with Crippen LogP contribution in [0.4, 0.5) is 0 Å². The van der Waals surface area contributed by atoms with Crippen molar-refractivity contribution in [1.82, 2.24) is 0 Å². The molecule has 0 saturated heterocycles. The standard InChI is InChI=1S/C13H9.3ClH.Zr/c1-3-7-12-10(5-1)9-11-6-2-4-8-13(11)12;;;;/h1-9H;3*1H;/q-1;;;;+3/p-3. The molecule has 3 aromatic rings. The van der Waals surface area contributed by atoms with E-state index in [1.54, 1.807) is 0 Å². The average molecular weight is 363 g/mol. The van der Waals surface area contributed by atoms with Crippen LogP contribution in [0.15, 0.2) is 54.6 Å². The molecule has 0 amide bonds. The maximum atomic E-state index is 5.00. The number of benzene rings is 2. The minimum Gasteiger partial charge on any atom is -0.126 e. The van der Waals surface area contributed by atoms with Crippen molar-refractivity contribution >= 4 is 47.1 Å². The molecule has 87 valence electrons. The zero-order valence-corrected chi connectivity index (χ0v) is 13.6. The first-order valence-electron chi connectivity index (χ1n) is 5.05. The first-order chi connectivity index (χ1) is 8.18. The van der Waals surface area contributed by atoms with Crippen LogP contribution in [0.3, 0.4) is 0 Å². The van der Waals surface area contributed by atoms with Crippen molar-refractivity contribution in [3.63, 3.8) is 0 Å². The summed E-state index contributed by atoms with van der Waals surface area (Å²) in [6, 6.07) is 19.3. The van der Waals surface area contributed by atoms with Gasteiger partial charge >= 0.3 is 43.7 Å². The van der Waals surface area contributed by atoms with Crippen molar-refractivity contribution in [1.29, 1.82) is 0 Å². The number of hydrogen-bond acceptors (Lipinski definition) is 0. The monoisotopic (exact) mass is 360 g/mol. The molecule has 0 aliphatic rings. The van der Waals surface area contributed by atoms with Crippen LogP contribution in [-0.4, -0.2) is 0 Å². The van der Waals surface area contributed by atoms with Gasteiger partial charge in [0.2, 0.25) is 0 Å². The van der Waals surface area contributed by atoms with Crippen molar-refractivity contribution in [3.05, 3.63) is 54.6 Å². The van der Waals surface area contributed by atoms with Crippen molar-refractivity contribution in [2.24, 2.45) is 0 Å². The summed E-state index contributed by atoms with van der Waals surface area (Å²) in [7, 11) is 15.0. The van der Waals surface area contributed by atoms with E-state index >= 15 is 0 Å². The van der Waals surface area contributed by atoms with Crippen molar-refractivity contribution in [3.8, 4) is 0 Å². The molecular formula is C13H9Cl3Zr-. The Morgan fingerprint density at radius 1 is 0.706 bits per heavy atom. The summed E-state index contributed by atoms with van der Waals surface area (Å²) in [5, 5.41) is 5.39. The van der Waals surface area contributed by atoms with E-state index in [1.165, 1.54) is 21.5 Å². The third-order valence-electron chi connectivity index (χ3n) is 2.52. The van der Waals surface area contributed by atoms with Gasteiger partial charge in [0.15, 0.2) is 0 Å². The SMILES string of the molecule is [Cl][Zr]([Cl])[Cl].c1ccc2c(c1)[cH-]c1ccccc12. The predicted octanol–water partition coefficient (Wildman–Crippen LogP) is 5.78. The van der Waals surface area contributed by atoms with Gasteiger partial charge in [0.05, 0.1) is 0 Å². The maximum absolute atomic E-state index is 5.00. The van der Waals surface area contributed by atoms with Crippen molar-refractivity contribution in [2.75, 3.05) is 0 Å². The fourth-order valence-corrected chi connectivity index (χ4v) is 1.90. The molecule has 0 nitrogen and oxygen atoms in total. The number of rotatable bonds is 0. The Bertz CT molecular complexity index is 563. The third kappa shape index (κ3) is 3.51. The molecule has 0 N–H and O–H groups in total. The Kier molecular flexibility index (Phi) is 5.00. The summed E-state index contributed by atoms with van der Waals surface area (Å²) in [5.74, 6) is 0. The Labute approximate surface area is 119 Å². The average Bonchev–Trinajstić information content (AvgIpc) is 2.66. The number of hydrogen-bond donors (Lipinski definition) is 0. The molecule has 0 bridgehead atoms. The molecule has 4 heteroatoms. The van der Waals surface area contributed by atoms with Gasteiger partial charge in [0.25, 0.3) is 0 Å². The fraction of sp³-hybridized carbons (Fsp3) is 0. The van der Waals surface area contributed by atoms with Crippen LogP contribution in [0.2, 0.25) is 0 Å². The van der Waals surface area contributed by atoms with Crippen molar-refractivity contribution in [2.45, 2.75) is 0 Å². The summed E-state index contributed by atoms with van der Waals surface area (Å²) in [4.78, 5) is 0. The molecule has 0 radical (unpaired) electrons. The predicted molar refractivity (Wildman–Crippen MR) is 74.6 cm³/mol. The van der Waals surface area contributed by atoms with Crippen LogP contribution in [-0.2, 0) is 18.2 Å². The van der Waals surface area contributed by atoms with Crippen LogP contribution in [0.25, 0.3) is 21.5 Å². The minimum atomic E-state index is -2.13. The molecule has 3 aromatic carbocycles. The van der Waals surface area contributed by atoms with E-state index in [2.05, 4.69) is 54.6 Å². The molecule has 0 aliphatic carbocycles. The maximum Gasteiger partial charge on any atom is -0.0771 e. The molecular weight excluding hydrogens is 354 g/mol. The van der Waals surface area contributed by atoms with Gasteiger partial charge < -0.3 is 0 Å². The zero-order chi connectivity index (χ0) is 12.3. The summed E-state index contributed by atoms with van der Waals surface area (Å²) >= 11 is -2.13. The van der Waals surface area contributed by atoms with Crippen LogP contribution in [0, 0.1) is 0 Å². The normalized spacial score (nSPS) is 10.1. The summed E-state index contributed by atoms with van der Waals surface area (Å²) in [6.07, 6.45) is 0. The van der Waals surface area contributed by atoms with E-state index in [-0.39, 0.29) is 0 Å². The first kappa shape index (κ1) is 13.5. The molecule has 17 heavy (non-hydrogen) atoms. The third-order valence-corrected chi connectivity index (χ3v) is 2.52. The number of halogens is 3. The smallest absolute Gasteiger partial charge is 0.0771 e. The van der Waals surface area contributed by atoms with Crippen molar-refractivity contribution < 1.29 is 18.2 Å². The minimum absolute atomic E-state index is 1.34. The van der Waals surface area contributed by atoms with Gasteiger partial charge in [-0.3, -0.25) is 0 Å². The summed E-state index contributed by atoms with van der Waals surface area (Å²) < 4.78 is 0. The molecule has 0 saturated carbocycles. The van der Waals surface area contributed by atoms with E-state index in [0.29, 0.717) is 0 Å². The molecule has 0 unspecified atom stereocenters. The Morgan fingerprint density at radius 2 is 1.06 bits per heavy atom. The molecule has 0 aromatic heterocycles. The molecule has 0 spiro atoms. The second-order valence-corrected chi connectivity index (χ2v) is 14.7. The largest absolute Gasteiger partial charge is 0.126 e. The van der Waals surface area contributed by atoms with Gasteiger partial charge in [-0.05, 0) is 0 Å². The Balaban J connectivity index is 0.000000239. The second-order valence-electron chi connectivity index (χ2n) is 3.53. The van der Waals surface area contributed by atoms with E-state index < -0.39 is 18.2 Å². The summed E-state index contributed by atoms with van der Waals surface area (Å²) in [5.41, 5.74) is 0. The van der Waals surface area contributed by atoms with E-state index in [0.717, 1.165) is 0 Å². The Morgan fingerprint density at radius 3 is 1.47 bits per heavy atom. The first-order valence-corrected chi connectivity index (χ1v) is 14.5. The van der Waals surface area contributed by atoms with Gasteiger partial charge in [0.1, 0.15) is 0 Å². The van der Waals surface area contributed by atoms with Gasteiger partial charge in [-0.2, -0.15) is 0 Å². The van der Waals surface area contributed by atoms with Crippen LogP contribution < -0.4 is 0 Å². The molecule has 0 atom stereocenters. The quantitative estimate of drug-likeness (QED) is 0.445. The van der Waals surface area contributed by atoms with Crippen LogP contribution >= 0.6 is 25.5 Å². The molecule has 0 aliphatic heterocycles. The molecule has 0 heterocycles. The van der Waals surface area contributed by atoms with E-state index in [1.807, 2.05) is 0 Å². The van der Waals surface area contributed by atoms with E-state index in [9.17, 15) is 0 Å². The van der Waals surface area contributed by atoms with Gasteiger partial charge in [0, 0.05) is 0 Å². The number of fused-ring (bicyclic) bond motifs is 3. The molecule has 0 fully saturated rings. The van der Waals surface area contributed by atoms with E-state index in [4.69, 9.17) is 25.5 Å². The van der Waals surface area contributed by atoms with Crippen LogP contribution in [0.5, 0.6) is 0 Å². The topological polar surface area (TPSA) is 0 Å². The zero-order valence-electron chi connectivity index (χ0n) is 8.83. The fourth-order valence-electron chi connectivity index (χ4n) is 1.90. The van der Waals surface area contributed by atoms with Crippen LogP contribution in [0.1, 0.15) is 0 Å². The van der Waals surface area contributed by atoms with Gasteiger partial charge in [-0.1, -0.05) is 36.4 Å². The van der Waals surface area contributed by atoms with Gasteiger partial charge in [-0.25, -0.2) is 0 Å². The second kappa shape index (κ2) is 6.29.